The molecular weight excluding hydrogens is 317 g/mol. The summed E-state index contributed by atoms with van der Waals surface area (Å²) in [7, 11) is 0. The summed E-state index contributed by atoms with van der Waals surface area (Å²) >= 11 is 0. The Kier molecular flexibility index (Phi) is 3.16. The molecule has 2 aromatic heterocycles. The van der Waals surface area contributed by atoms with Crippen molar-refractivity contribution in [3.05, 3.63) is 60.4 Å². The highest BCUT2D eigenvalue weighted by molar-refractivity contribution is 5.84. The number of fused-ring (bicyclic) bond motifs is 2. The smallest absolute Gasteiger partial charge is 0.361 e. The van der Waals surface area contributed by atoms with Gasteiger partial charge in [-0.1, -0.05) is 6.07 Å². The molecule has 0 unspecified atom stereocenters. The van der Waals surface area contributed by atoms with Crippen molar-refractivity contribution in [1.82, 2.24) is 15.0 Å². The molecule has 0 atom stereocenters. The Morgan fingerprint density at radius 2 is 1.83 bits per heavy atom. The normalized spacial score (nSPS) is 12.0. The lowest BCUT2D eigenvalue weighted by atomic mass is 10.2. The lowest BCUT2D eigenvalue weighted by molar-refractivity contribution is -0.137. The number of aromatic nitrogens is 3. The topological polar surface area (TPSA) is 53.6 Å². The van der Waals surface area contributed by atoms with Crippen LogP contribution in [0.5, 0.6) is 0 Å². The maximum atomic E-state index is 12.8. The number of hydrogen-bond acceptors (Lipinski definition) is 3. The minimum atomic E-state index is -4.40. The molecule has 2 heterocycles. The molecule has 4 aromatic rings. The van der Waals surface area contributed by atoms with E-state index in [1.54, 1.807) is 0 Å². The van der Waals surface area contributed by atoms with E-state index < -0.39 is 11.7 Å². The third-order valence-corrected chi connectivity index (χ3v) is 3.70. The Bertz CT molecular complexity index is 1040. The van der Waals surface area contributed by atoms with E-state index in [1.165, 1.54) is 12.3 Å². The summed E-state index contributed by atoms with van der Waals surface area (Å²) in [6, 6.07) is 11.0. The maximum absolute atomic E-state index is 12.8. The number of alkyl halides is 3. The second kappa shape index (κ2) is 5.23. The summed E-state index contributed by atoms with van der Waals surface area (Å²) in [5, 5.41) is 4.13. The van der Waals surface area contributed by atoms with E-state index in [0.717, 1.165) is 28.7 Å². The average molecular weight is 328 g/mol. The van der Waals surface area contributed by atoms with Gasteiger partial charge in [0.05, 0.1) is 22.8 Å². The SMILES string of the molecule is FC(F)(F)c1ccc2ncc(Nc3ccc4cc[nH]c4c3)nc2c1. The van der Waals surface area contributed by atoms with Crippen LogP contribution in [0, 0.1) is 0 Å². The molecule has 2 aromatic carbocycles. The zero-order chi connectivity index (χ0) is 16.7. The van der Waals surface area contributed by atoms with Crippen LogP contribution in [0.15, 0.2) is 54.9 Å². The van der Waals surface area contributed by atoms with Crippen LogP contribution in [0.3, 0.4) is 0 Å². The number of H-pyrrole nitrogens is 1. The molecule has 0 fully saturated rings. The van der Waals surface area contributed by atoms with Gasteiger partial charge in [-0.05, 0) is 41.8 Å². The van der Waals surface area contributed by atoms with Gasteiger partial charge in [-0.15, -0.1) is 0 Å². The van der Waals surface area contributed by atoms with Crippen LogP contribution in [0.25, 0.3) is 21.9 Å². The van der Waals surface area contributed by atoms with Gasteiger partial charge in [0, 0.05) is 17.4 Å². The maximum Gasteiger partial charge on any atom is 0.416 e. The number of nitrogens with one attached hydrogen (secondary N) is 2. The third kappa shape index (κ3) is 2.64. The van der Waals surface area contributed by atoms with E-state index in [2.05, 4.69) is 20.3 Å². The summed E-state index contributed by atoms with van der Waals surface area (Å²) < 4.78 is 38.4. The van der Waals surface area contributed by atoms with Crippen LogP contribution in [-0.2, 0) is 6.18 Å². The molecular formula is C17H11F3N4. The van der Waals surface area contributed by atoms with E-state index in [9.17, 15) is 13.2 Å². The fourth-order valence-electron chi connectivity index (χ4n) is 2.52. The predicted octanol–water partition coefficient (Wildman–Crippen LogP) is 4.87. The molecule has 0 aliphatic heterocycles. The second-order valence-corrected chi connectivity index (χ2v) is 5.36. The molecule has 0 saturated heterocycles. The van der Waals surface area contributed by atoms with Crippen LogP contribution >= 0.6 is 0 Å². The molecule has 0 bridgehead atoms. The van der Waals surface area contributed by atoms with Crippen molar-refractivity contribution < 1.29 is 13.2 Å². The van der Waals surface area contributed by atoms with E-state index in [0.29, 0.717) is 11.3 Å². The number of anilines is 2. The number of aromatic amines is 1. The molecule has 7 heteroatoms. The van der Waals surface area contributed by atoms with Gasteiger partial charge >= 0.3 is 6.18 Å². The standard InChI is InChI=1S/C17H11F3N4/c18-17(19,20)11-2-4-13-15(7-11)24-16(9-22-13)23-12-3-1-10-5-6-21-14(10)8-12/h1-9,21H,(H,23,24). The molecule has 0 aliphatic rings. The van der Waals surface area contributed by atoms with Crippen molar-refractivity contribution in [2.75, 3.05) is 5.32 Å². The first-order valence-electron chi connectivity index (χ1n) is 7.17. The van der Waals surface area contributed by atoms with Gasteiger partial charge in [-0.2, -0.15) is 13.2 Å². The van der Waals surface area contributed by atoms with Crippen molar-refractivity contribution >= 4 is 33.4 Å². The summed E-state index contributed by atoms with van der Waals surface area (Å²) in [6.07, 6.45) is -1.07. The van der Waals surface area contributed by atoms with Gasteiger partial charge in [0.1, 0.15) is 5.82 Å². The van der Waals surface area contributed by atoms with Crippen molar-refractivity contribution in [2.45, 2.75) is 6.18 Å². The number of nitrogens with zero attached hydrogens (tertiary/aromatic N) is 2. The first-order chi connectivity index (χ1) is 11.5. The van der Waals surface area contributed by atoms with Crippen molar-refractivity contribution in [1.29, 1.82) is 0 Å². The molecule has 24 heavy (non-hydrogen) atoms. The molecule has 0 aliphatic carbocycles. The highest BCUT2D eigenvalue weighted by Gasteiger charge is 2.30. The Labute approximate surface area is 134 Å². The number of rotatable bonds is 2. The predicted molar refractivity (Wildman–Crippen MR) is 86.1 cm³/mol. The zero-order valence-corrected chi connectivity index (χ0v) is 12.2. The van der Waals surface area contributed by atoms with Crippen molar-refractivity contribution in [3.63, 3.8) is 0 Å². The molecule has 2 N–H and O–H groups in total. The van der Waals surface area contributed by atoms with Gasteiger partial charge < -0.3 is 10.3 Å². The van der Waals surface area contributed by atoms with Gasteiger partial charge in [0.2, 0.25) is 0 Å². The largest absolute Gasteiger partial charge is 0.416 e. The number of benzene rings is 2. The van der Waals surface area contributed by atoms with Gasteiger partial charge in [-0.25, -0.2) is 4.98 Å². The molecule has 120 valence electrons. The number of hydrogen-bond donors (Lipinski definition) is 2. The first-order valence-corrected chi connectivity index (χ1v) is 7.17. The highest BCUT2D eigenvalue weighted by atomic mass is 19.4. The average Bonchev–Trinajstić information content (AvgIpc) is 3.01. The quantitative estimate of drug-likeness (QED) is 0.552. The summed E-state index contributed by atoms with van der Waals surface area (Å²) in [6.45, 7) is 0. The zero-order valence-electron chi connectivity index (χ0n) is 12.2. The second-order valence-electron chi connectivity index (χ2n) is 5.36. The Hall–Kier alpha value is -3.09. The van der Waals surface area contributed by atoms with Crippen molar-refractivity contribution in [3.8, 4) is 0 Å². The Morgan fingerprint density at radius 1 is 0.958 bits per heavy atom. The molecule has 0 amide bonds. The van der Waals surface area contributed by atoms with E-state index in [4.69, 9.17) is 0 Å². The van der Waals surface area contributed by atoms with E-state index in [-0.39, 0.29) is 5.52 Å². The molecule has 4 nitrogen and oxygen atoms in total. The molecule has 4 rings (SSSR count). The van der Waals surface area contributed by atoms with Crippen LogP contribution < -0.4 is 5.32 Å². The van der Waals surface area contributed by atoms with Crippen LogP contribution in [-0.4, -0.2) is 15.0 Å². The monoisotopic (exact) mass is 328 g/mol. The fourth-order valence-corrected chi connectivity index (χ4v) is 2.52. The summed E-state index contributed by atoms with van der Waals surface area (Å²) in [4.78, 5) is 11.5. The Morgan fingerprint density at radius 3 is 2.67 bits per heavy atom. The summed E-state index contributed by atoms with van der Waals surface area (Å²) in [5.41, 5.74) is 1.58. The highest BCUT2D eigenvalue weighted by Crippen LogP contribution is 2.31. The molecule has 0 radical (unpaired) electrons. The Balaban J connectivity index is 1.70. The van der Waals surface area contributed by atoms with Crippen molar-refractivity contribution in [2.24, 2.45) is 0 Å². The van der Waals surface area contributed by atoms with Gasteiger partial charge in [0.25, 0.3) is 0 Å². The van der Waals surface area contributed by atoms with Crippen LogP contribution in [0.1, 0.15) is 5.56 Å². The van der Waals surface area contributed by atoms with E-state index in [1.807, 2.05) is 30.5 Å². The third-order valence-electron chi connectivity index (χ3n) is 3.70. The first kappa shape index (κ1) is 14.5. The molecule has 0 saturated carbocycles. The minimum absolute atomic E-state index is 0.191. The van der Waals surface area contributed by atoms with Gasteiger partial charge in [0.15, 0.2) is 0 Å². The fraction of sp³-hybridized carbons (Fsp3) is 0.0588. The van der Waals surface area contributed by atoms with Gasteiger partial charge in [-0.3, -0.25) is 4.98 Å². The molecule has 0 spiro atoms. The number of halogens is 3. The lowest BCUT2D eigenvalue weighted by Crippen LogP contribution is -2.05. The van der Waals surface area contributed by atoms with Crippen LogP contribution in [0.2, 0.25) is 0 Å². The van der Waals surface area contributed by atoms with E-state index >= 15 is 0 Å². The summed E-state index contributed by atoms with van der Waals surface area (Å²) in [5.74, 6) is 0.382. The van der Waals surface area contributed by atoms with Crippen LogP contribution in [0.4, 0.5) is 24.7 Å². The lowest BCUT2D eigenvalue weighted by Gasteiger charge is -2.09. The minimum Gasteiger partial charge on any atom is -0.361 e.